The molecule has 0 bridgehead atoms. The van der Waals surface area contributed by atoms with Crippen molar-refractivity contribution < 1.29 is 8.91 Å². The van der Waals surface area contributed by atoms with Crippen molar-refractivity contribution in [3.63, 3.8) is 0 Å². The average Bonchev–Trinajstić information content (AvgIpc) is 3.08. The van der Waals surface area contributed by atoms with E-state index in [1.165, 1.54) is 12.1 Å². The van der Waals surface area contributed by atoms with Gasteiger partial charge in [-0.25, -0.2) is 4.39 Å². The SMILES string of the molecule is Cn1cc(CCc2nc(Cc3ccc(F)cc3)no2)cn1. The molecule has 0 unspecified atom stereocenters. The predicted octanol–water partition coefficient (Wildman–Crippen LogP) is 2.32. The lowest BCUT2D eigenvalue weighted by Crippen LogP contribution is -1.93. The lowest BCUT2D eigenvalue weighted by atomic mass is 10.1. The molecule has 0 atom stereocenters. The van der Waals surface area contributed by atoms with Crippen molar-refractivity contribution in [1.82, 2.24) is 19.9 Å². The molecule has 21 heavy (non-hydrogen) atoms. The van der Waals surface area contributed by atoms with Gasteiger partial charge in [-0.2, -0.15) is 10.1 Å². The number of nitrogens with zero attached hydrogens (tertiary/aromatic N) is 4. The second-order valence-corrected chi connectivity index (χ2v) is 4.93. The van der Waals surface area contributed by atoms with Crippen LogP contribution in [0, 0.1) is 5.82 Å². The van der Waals surface area contributed by atoms with Gasteiger partial charge in [-0.1, -0.05) is 17.3 Å². The summed E-state index contributed by atoms with van der Waals surface area (Å²) < 4.78 is 19.8. The highest BCUT2D eigenvalue weighted by Gasteiger charge is 2.08. The van der Waals surface area contributed by atoms with E-state index in [1.54, 1.807) is 16.8 Å². The van der Waals surface area contributed by atoms with E-state index < -0.39 is 0 Å². The van der Waals surface area contributed by atoms with Gasteiger partial charge in [-0.15, -0.1) is 0 Å². The van der Waals surface area contributed by atoms with Crippen LogP contribution in [0.3, 0.4) is 0 Å². The molecule has 0 aliphatic carbocycles. The zero-order valence-electron chi connectivity index (χ0n) is 11.7. The van der Waals surface area contributed by atoms with Gasteiger partial charge in [0.15, 0.2) is 5.82 Å². The number of benzene rings is 1. The van der Waals surface area contributed by atoms with Crippen molar-refractivity contribution in [1.29, 1.82) is 0 Å². The molecule has 0 aliphatic rings. The summed E-state index contributed by atoms with van der Waals surface area (Å²) >= 11 is 0. The first-order valence-corrected chi connectivity index (χ1v) is 6.72. The molecule has 5 nitrogen and oxygen atoms in total. The fourth-order valence-corrected chi connectivity index (χ4v) is 2.10. The molecule has 2 aromatic heterocycles. The average molecular weight is 286 g/mol. The zero-order chi connectivity index (χ0) is 14.7. The number of halogens is 1. The van der Waals surface area contributed by atoms with Crippen molar-refractivity contribution in [2.75, 3.05) is 0 Å². The number of hydrogen-bond donors (Lipinski definition) is 0. The standard InChI is InChI=1S/C15H15FN4O/c1-20-10-12(9-17-20)4-7-15-18-14(19-21-15)8-11-2-5-13(16)6-3-11/h2-3,5-6,9-10H,4,7-8H2,1H3. The van der Waals surface area contributed by atoms with Crippen LogP contribution in [0.5, 0.6) is 0 Å². The molecule has 0 saturated carbocycles. The summed E-state index contributed by atoms with van der Waals surface area (Å²) in [6, 6.07) is 6.31. The summed E-state index contributed by atoms with van der Waals surface area (Å²) in [4.78, 5) is 4.35. The summed E-state index contributed by atoms with van der Waals surface area (Å²) in [6.45, 7) is 0. The fourth-order valence-electron chi connectivity index (χ4n) is 2.10. The summed E-state index contributed by atoms with van der Waals surface area (Å²) in [7, 11) is 1.89. The number of rotatable bonds is 5. The Morgan fingerprint density at radius 1 is 1.14 bits per heavy atom. The van der Waals surface area contributed by atoms with Crippen LogP contribution in [0.15, 0.2) is 41.2 Å². The maximum absolute atomic E-state index is 12.8. The third kappa shape index (κ3) is 3.53. The lowest BCUT2D eigenvalue weighted by molar-refractivity contribution is 0.373. The van der Waals surface area contributed by atoms with Gasteiger partial charge in [0.1, 0.15) is 5.82 Å². The Morgan fingerprint density at radius 3 is 2.67 bits per heavy atom. The molecule has 0 radical (unpaired) electrons. The molecule has 0 spiro atoms. The topological polar surface area (TPSA) is 56.7 Å². The molecule has 0 N–H and O–H groups in total. The third-order valence-corrected chi connectivity index (χ3v) is 3.17. The number of hydrogen-bond acceptors (Lipinski definition) is 4. The Morgan fingerprint density at radius 2 is 1.95 bits per heavy atom. The Kier molecular flexibility index (Phi) is 3.77. The van der Waals surface area contributed by atoms with E-state index in [0.29, 0.717) is 24.6 Å². The first-order chi connectivity index (χ1) is 10.2. The zero-order valence-corrected chi connectivity index (χ0v) is 11.7. The molecule has 3 aromatic rings. The van der Waals surface area contributed by atoms with Gasteiger partial charge >= 0.3 is 0 Å². The Balaban J connectivity index is 1.59. The van der Waals surface area contributed by atoms with Gasteiger partial charge in [0.25, 0.3) is 0 Å². The molecule has 2 heterocycles. The van der Waals surface area contributed by atoms with E-state index in [-0.39, 0.29) is 5.82 Å². The largest absolute Gasteiger partial charge is 0.339 e. The van der Waals surface area contributed by atoms with Crippen LogP contribution in [-0.4, -0.2) is 19.9 Å². The third-order valence-electron chi connectivity index (χ3n) is 3.17. The minimum atomic E-state index is -0.246. The van der Waals surface area contributed by atoms with E-state index in [2.05, 4.69) is 15.2 Å². The quantitative estimate of drug-likeness (QED) is 0.722. The predicted molar refractivity (Wildman–Crippen MR) is 74.1 cm³/mol. The highest BCUT2D eigenvalue weighted by molar-refractivity contribution is 5.19. The van der Waals surface area contributed by atoms with Crippen LogP contribution in [0.1, 0.15) is 22.8 Å². The normalized spacial score (nSPS) is 11.0. The molecule has 1 aromatic carbocycles. The minimum absolute atomic E-state index is 0.246. The van der Waals surface area contributed by atoms with Crippen LogP contribution >= 0.6 is 0 Å². The molecule has 6 heteroatoms. The van der Waals surface area contributed by atoms with Crippen molar-refractivity contribution in [3.8, 4) is 0 Å². The Labute approximate surface area is 121 Å². The Bertz CT molecular complexity index is 717. The van der Waals surface area contributed by atoms with Crippen molar-refractivity contribution in [2.45, 2.75) is 19.3 Å². The van der Waals surface area contributed by atoms with Gasteiger partial charge < -0.3 is 4.52 Å². The van der Waals surface area contributed by atoms with Gasteiger partial charge in [0, 0.05) is 26.1 Å². The molecule has 0 saturated heterocycles. The van der Waals surface area contributed by atoms with Gasteiger partial charge in [0.05, 0.1) is 6.20 Å². The highest BCUT2D eigenvalue weighted by atomic mass is 19.1. The van der Waals surface area contributed by atoms with E-state index in [9.17, 15) is 4.39 Å². The summed E-state index contributed by atoms with van der Waals surface area (Å²) in [6.07, 6.45) is 5.83. The number of aromatic nitrogens is 4. The van der Waals surface area contributed by atoms with E-state index in [4.69, 9.17) is 4.52 Å². The summed E-state index contributed by atoms with van der Waals surface area (Å²) in [5, 5.41) is 8.07. The van der Waals surface area contributed by atoms with Crippen LogP contribution in [0.2, 0.25) is 0 Å². The van der Waals surface area contributed by atoms with E-state index in [0.717, 1.165) is 17.5 Å². The van der Waals surface area contributed by atoms with Gasteiger partial charge in [-0.3, -0.25) is 4.68 Å². The number of aryl methyl sites for hydroxylation is 3. The lowest BCUT2D eigenvalue weighted by Gasteiger charge is -1.95. The second kappa shape index (κ2) is 5.87. The van der Waals surface area contributed by atoms with Crippen LogP contribution in [0.25, 0.3) is 0 Å². The maximum atomic E-state index is 12.8. The van der Waals surface area contributed by atoms with Crippen molar-refractivity contribution in [3.05, 3.63) is 65.3 Å². The molecule has 0 aliphatic heterocycles. The molecular weight excluding hydrogens is 271 g/mol. The molecule has 3 rings (SSSR count). The van der Waals surface area contributed by atoms with Crippen LogP contribution in [0.4, 0.5) is 4.39 Å². The highest BCUT2D eigenvalue weighted by Crippen LogP contribution is 2.10. The minimum Gasteiger partial charge on any atom is -0.339 e. The summed E-state index contributed by atoms with van der Waals surface area (Å²) in [5.41, 5.74) is 2.09. The monoisotopic (exact) mass is 286 g/mol. The van der Waals surface area contributed by atoms with Crippen molar-refractivity contribution in [2.24, 2.45) is 7.05 Å². The molecular formula is C15H15FN4O. The Hall–Kier alpha value is -2.50. The van der Waals surface area contributed by atoms with Crippen LogP contribution < -0.4 is 0 Å². The first kappa shape index (κ1) is 13.5. The van der Waals surface area contributed by atoms with Gasteiger partial charge in [0.2, 0.25) is 5.89 Å². The molecule has 0 amide bonds. The maximum Gasteiger partial charge on any atom is 0.226 e. The van der Waals surface area contributed by atoms with Crippen molar-refractivity contribution >= 4 is 0 Å². The second-order valence-electron chi connectivity index (χ2n) is 4.93. The first-order valence-electron chi connectivity index (χ1n) is 6.72. The smallest absolute Gasteiger partial charge is 0.226 e. The summed E-state index contributed by atoms with van der Waals surface area (Å²) in [5.74, 6) is 0.975. The molecule has 0 fully saturated rings. The molecule has 108 valence electrons. The fraction of sp³-hybridized carbons (Fsp3) is 0.267. The van der Waals surface area contributed by atoms with E-state index >= 15 is 0 Å². The van der Waals surface area contributed by atoms with Crippen LogP contribution in [-0.2, 0) is 26.3 Å². The van der Waals surface area contributed by atoms with E-state index in [1.807, 2.05) is 19.4 Å². The van der Waals surface area contributed by atoms with Gasteiger partial charge in [-0.05, 0) is 29.7 Å².